The molecule has 3 unspecified atom stereocenters. The van der Waals surface area contributed by atoms with Crippen LogP contribution >= 0.6 is 0 Å². The van der Waals surface area contributed by atoms with Crippen LogP contribution in [0.25, 0.3) is 11.3 Å². The maximum Gasteiger partial charge on any atom is 0.405 e. The number of carbonyl (C=O) groups is 1. The number of nitrogens with one attached hydrogen (secondary N) is 1. The zero-order valence-corrected chi connectivity index (χ0v) is 22.5. The summed E-state index contributed by atoms with van der Waals surface area (Å²) in [7, 11) is -0.161. The fraction of sp³-hybridized carbons (Fsp3) is 0.423. The summed E-state index contributed by atoms with van der Waals surface area (Å²) < 4.78 is 31.5. The molecule has 10 nitrogen and oxygen atoms in total. The van der Waals surface area contributed by atoms with Crippen LogP contribution in [0, 0.1) is 11.8 Å². The third-order valence-electron chi connectivity index (χ3n) is 6.85. The van der Waals surface area contributed by atoms with E-state index in [2.05, 4.69) is 22.2 Å². The Hall–Kier alpha value is -3.60. The van der Waals surface area contributed by atoms with Gasteiger partial charge in [-0.05, 0) is 42.9 Å². The van der Waals surface area contributed by atoms with Crippen molar-refractivity contribution < 1.29 is 22.7 Å². The SMILES string of the molecule is CC1CC1CN(C)c1cc(-c2coc(C(C)(Cc3ccccc3)NC(=O)O)n2)cc(N(C)S(C)(=O)=O)n1. The smallest absolute Gasteiger partial charge is 0.405 e. The number of rotatable bonds is 10. The maximum atomic E-state index is 12.3. The van der Waals surface area contributed by atoms with Gasteiger partial charge in [0.25, 0.3) is 0 Å². The lowest BCUT2D eigenvalue weighted by Crippen LogP contribution is -2.44. The minimum atomic E-state index is -3.55. The average Bonchev–Trinajstić information content (AvgIpc) is 3.30. The van der Waals surface area contributed by atoms with E-state index in [1.165, 1.54) is 13.3 Å². The molecule has 0 spiro atoms. The Balaban J connectivity index is 1.72. The molecule has 37 heavy (non-hydrogen) atoms. The Bertz CT molecular complexity index is 1380. The highest BCUT2D eigenvalue weighted by atomic mass is 32.2. The van der Waals surface area contributed by atoms with Crippen molar-refractivity contribution in [3.8, 4) is 11.3 Å². The predicted octanol–water partition coefficient (Wildman–Crippen LogP) is 3.95. The van der Waals surface area contributed by atoms with Crippen LogP contribution in [0.2, 0.25) is 0 Å². The van der Waals surface area contributed by atoms with E-state index in [-0.39, 0.29) is 11.7 Å². The number of aromatic nitrogens is 2. The standard InChI is InChI=1S/C26H33N5O5S/c1-17-11-20(17)15-30(3)22-12-19(13-23(28-22)31(4)37(5,34)35)21-16-36-24(27-21)26(2,29-25(32)33)14-18-9-7-6-8-10-18/h6-10,12-13,16-17,20,29H,11,14-15H2,1-5H3,(H,32,33). The highest BCUT2D eigenvalue weighted by Gasteiger charge is 2.35. The van der Waals surface area contributed by atoms with Crippen molar-refractivity contribution in [1.82, 2.24) is 15.3 Å². The van der Waals surface area contributed by atoms with E-state index in [1.807, 2.05) is 48.3 Å². The van der Waals surface area contributed by atoms with E-state index in [0.29, 0.717) is 35.3 Å². The molecule has 1 aromatic carbocycles. The first-order valence-corrected chi connectivity index (χ1v) is 13.9. The second-order valence-electron chi connectivity index (χ2n) is 10.1. The Labute approximate surface area is 217 Å². The van der Waals surface area contributed by atoms with Crippen molar-refractivity contribution in [3.63, 3.8) is 0 Å². The summed E-state index contributed by atoms with van der Waals surface area (Å²) in [5.74, 6) is 2.30. The molecule has 2 aromatic heterocycles. The number of hydrogen-bond donors (Lipinski definition) is 2. The van der Waals surface area contributed by atoms with Crippen LogP contribution in [-0.2, 0) is 22.0 Å². The lowest BCUT2D eigenvalue weighted by molar-refractivity contribution is 0.172. The summed E-state index contributed by atoms with van der Waals surface area (Å²) in [6.07, 6.45) is 2.86. The first kappa shape index (κ1) is 26.5. The number of oxazole rings is 1. The minimum absolute atomic E-state index is 0.199. The van der Waals surface area contributed by atoms with E-state index in [1.54, 1.807) is 13.0 Å². The third kappa shape index (κ3) is 6.22. The Morgan fingerprint density at radius 2 is 1.84 bits per heavy atom. The van der Waals surface area contributed by atoms with E-state index in [0.717, 1.165) is 29.1 Å². The van der Waals surface area contributed by atoms with Crippen LogP contribution in [0.1, 0.15) is 31.7 Å². The molecule has 1 aliphatic carbocycles. The van der Waals surface area contributed by atoms with Crippen LogP contribution in [0.15, 0.2) is 53.1 Å². The molecule has 0 aliphatic heterocycles. The number of pyridine rings is 1. The molecule has 1 saturated carbocycles. The molecule has 0 saturated heterocycles. The molecule has 3 atom stereocenters. The van der Waals surface area contributed by atoms with E-state index < -0.39 is 21.7 Å². The largest absolute Gasteiger partial charge is 0.465 e. The van der Waals surface area contributed by atoms with Crippen LogP contribution < -0.4 is 14.5 Å². The molecular weight excluding hydrogens is 494 g/mol. The maximum absolute atomic E-state index is 12.3. The fourth-order valence-corrected chi connectivity index (χ4v) is 4.78. The number of nitrogens with zero attached hydrogens (tertiary/aromatic N) is 4. The summed E-state index contributed by atoms with van der Waals surface area (Å²) in [5.41, 5.74) is 0.838. The zero-order valence-electron chi connectivity index (χ0n) is 21.7. The molecule has 1 amide bonds. The number of carboxylic acid groups (broad SMARTS) is 1. The monoisotopic (exact) mass is 527 g/mol. The lowest BCUT2D eigenvalue weighted by Gasteiger charge is -2.26. The van der Waals surface area contributed by atoms with Gasteiger partial charge >= 0.3 is 6.09 Å². The predicted molar refractivity (Wildman–Crippen MR) is 142 cm³/mol. The average molecular weight is 528 g/mol. The molecule has 3 aromatic rings. The summed E-state index contributed by atoms with van der Waals surface area (Å²) >= 11 is 0. The van der Waals surface area contributed by atoms with Gasteiger partial charge < -0.3 is 19.7 Å². The number of anilines is 2. The van der Waals surface area contributed by atoms with Gasteiger partial charge in [-0.15, -0.1) is 0 Å². The van der Waals surface area contributed by atoms with Crippen molar-refractivity contribution in [2.75, 3.05) is 36.1 Å². The van der Waals surface area contributed by atoms with E-state index in [4.69, 9.17) is 4.42 Å². The van der Waals surface area contributed by atoms with E-state index >= 15 is 0 Å². The molecule has 1 aliphatic rings. The normalized spacial score (nSPS) is 18.6. The van der Waals surface area contributed by atoms with Crippen LogP contribution in [0.4, 0.5) is 16.4 Å². The molecular formula is C26H33N5O5S. The molecule has 2 heterocycles. The minimum Gasteiger partial charge on any atom is -0.465 e. The van der Waals surface area contributed by atoms with Gasteiger partial charge in [-0.1, -0.05) is 37.3 Å². The molecule has 0 bridgehead atoms. The van der Waals surface area contributed by atoms with Gasteiger partial charge in [0, 0.05) is 32.6 Å². The highest BCUT2D eigenvalue weighted by molar-refractivity contribution is 7.92. The highest BCUT2D eigenvalue weighted by Crippen LogP contribution is 2.39. The van der Waals surface area contributed by atoms with Gasteiger partial charge in [0.15, 0.2) is 0 Å². The first-order chi connectivity index (χ1) is 17.4. The summed E-state index contributed by atoms with van der Waals surface area (Å²) in [4.78, 5) is 22.9. The van der Waals surface area contributed by atoms with Gasteiger partial charge in [-0.3, -0.25) is 4.31 Å². The molecule has 1 fully saturated rings. The Morgan fingerprint density at radius 1 is 1.19 bits per heavy atom. The lowest BCUT2D eigenvalue weighted by atomic mass is 9.92. The van der Waals surface area contributed by atoms with Crippen LogP contribution in [-0.4, -0.2) is 56.5 Å². The van der Waals surface area contributed by atoms with Gasteiger partial charge in [-0.2, -0.15) is 0 Å². The molecule has 11 heteroatoms. The second-order valence-corrected chi connectivity index (χ2v) is 12.1. The summed E-state index contributed by atoms with van der Waals surface area (Å²) in [5, 5.41) is 12.1. The molecule has 0 radical (unpaired) electrons. The van der Waals surface area contributed by atoms with E-state index in [9.17, 15) is 18.3 Å². The number of hydrogen-bond acceptors (Lipinski definition) is 7. The Morgan fingerprint density at radius 3 is 2.43 bits per heavy atom. The van der Waals surface area contributed by atoms with Gasteiger partial charge in [0.2, 0.25) is 15.9 Å². The van der Waals surface area contributed by atoms with Gasteiger partial charge in [0.1, 0.15) is 29.1 Å². The number of amides is 1. The summed E-state index contributed by atoms with van der Waals surface area (Å²) in [6.45, 7) is 4.73. The van der Waals surface area contributed by atoms with Crippen molar-refractivity contribution in [2.45, 2.75) is 32.2 Å². The van der Waals surface area contributed by atoms with Crippen molar-refractivity contribution in [1.29, 1.82) is 0 Å². The van der Waals surface area contributed by atoms with Gasteiger partial charge in [-0.25, -0.2) is 23.2 Å². The topological polar surface area (TPSA) is 129 Å². The molecule has 198 valence electrons. The first-order valence-electron chi connectivity index (χ1n) is 12.0. The fourth-order valence-electron chi connectivity index (χ4n) is 4.35. The number of sulfonamides is 1. The van der Waals surface area contributed by atoms with Crippen LogP contribution in [0.3, 0.4) is 0 Å². The van der Waals surface area contributed by atoms with Crippen LogP contribution in [0.5, 0.6) is 0 Å². The zero-order chi connectivity index (χ0) is 27.0. The summed E-state index contributed by atoms with van der Waals surface area (Å²) in [6, 6.07) is 13.0. The third-order valence-corrected chi connectivity index (χ3v) is 8.03. The van der Waals surface area contributed by atoms with Crippen molar-refractivity contribution >= 4 is 27.8 Å². The second kappa shape index (κ2) is 10.0. The van der Waals surface area contributed by atoms with Gasteiger partial charge in [0.05, 0.1) is 6.26 Å². The Kier molecular flexibility index (Phi) is 7.18. The molecule has 4 rings (SSSR count). The quantitative estimate of drug-likeness (QED) is 0.406. The van der Waals surface area contributed by atoms with Crippen molar-refractivity contribution in [3.05, 3.63) is 60.2 Å². The number of benzene rings is 1. The van der Waals surface area contributed by atoms with Crippen molar-refractivity contribution in [2.24, 2.45) is 11.8 Å². The molecule has 2 N–H and O–H groups in total.